The Balaban J connectivity index is 2.05. The van der Waals surface area contributed by atoms with Crippen molar-refractivity contribution in [3.05, 3.63) is 63.4 Å². The highest BCUT2D eigenvalue weighted by Crippen LogP contribution is 2.57. The number of hydrogen-bond acceptors (Lipinski definition) is 4. The molecule has 0 radical (unpaired) electrons. The van der Waals surface area contributed by atoms with E-state index in [1.165, 1.54) is 0 Å². The van der Waals surface area contributed by atoms with Gasteiger partial charge in [-0.25, -0.2) is 8.78 Å². The third-order valence-corrected chi connectivity index (χ3v) is 3.39. The highest BCUT2D eigenvalue weighted by molar-refractivity contribution is 5.35. The number of ether oxygens (including phenoxy) is 1. The van der Waals surface area contributed by atoms with E-state index < -0.39 is 51.9 Å². The molecular formula is C13H7F4NO4. The molecule has 1 aliphatic heterocycles. The molecule has 22 heavy (non-hydrogen) atoms. The standard InChI is InChI=1S/C13H7F4NO4/c14-7-1-2-8(9(15)5-7)12(6-21-12)13(16,17)10-3-4-11(22-10)18(19)20/h1-5H,6H2. The van der Waals surface area contributed by atoms with Gasteiger partial charge in [-0.3, -0.25) is 10.1 Å². The van der Waals surface area contributed by atoms with Crippen LogP contribution < -0.4 is 0 Å². The molecule has 2 heterocycles. The van der Waals surface area contributed by atoms with Gasteiger partial charge in [0.2, 0.25) is 0 Å². The predicted octanol–water partition coefficient (Wildman–Crippen LogP) is 3.48. The summed E-state index contributed by atoms with van der Waals surface area (Å²) in [5.74, 6) is -7.88. The molecule has 1 unspecified atom stereocenters. The molecule has 0 N–H and O–H groups in total. The molecule has 9 heteroatoms. The van der Waals surface area contributed by atoms with E-state index in [-0.39, 0.29) is 0 Å². The number of benzene rings is 1. The summed E-state index contributed by atoms with van der Waals surface area (Å²) in [6.07, 6.45) is 0. The van der Waals surface area contributed by atoms with E-state index in [4.69, 9.17) is 4.74 Å². The lowest BCUT2D eigenvalue weighted by Gasteiger charge is -2.22. The first-order chi connectivity index (χ1) is 10.3. The first-order valence-electron chi connectivity index (χ1n) is 6.00. The largest absolute Gasteiger partial charge is 0.433 e. The van der Waals surface area contributed by atoms with Gasteiger partial charge in [0.15, 0.2) is 11.4 Å². The normalized spacial score (nSPS) is 20.9. The average Bonchev–Trinajstić information content (AvgIpc) is 3.08. The van der Waals surface area contributed by atoms with E-state index in [2.05, 4.69) is 4.42 Å². The summed E-state index contributed by atoms with van der Waals surface area (Å²) in [5, 5.41) is 10.5. The first-order valence-corrected chi connectivity index (χ1v) is 6.00. The zero-order valence-corrected chi connectivity index (χ0v) is 10.7. The number of rotatable bonds is 4. The molecule has 1 aromatic carbocycles. The molecule has 0 spiro atoms. The Labute approximate surface area is 120 Å². The van der Waals surface area contributed by atoms with Gasteiger partial charge in [-0.2, -0.15) is 8.78 Å². The van der Waals surface area contributed by atoms with Crippen molar-refractivity contribution in [3.8, 4) is 0 Å². The number of alkyl halides is 2. The Morgan fingerprint density at radius 1 is 1.23 bits per heavy atom. The van der Waals surface area contributed by atoms with E-state index in [0.717, 1.165) is 24.3 Å². The lowest BCUT2D eigenvalue weighted by Crippen LogP contribution is -2.33. The maximum Gasteiger partial charge on any atom is 0.433 e. The van der Waals surface area contributed by atoms with Crippen molar-refractivity contribution in [1.82, 2.24) is 0 Å². The fourth-order valence-corrected chi connectivity index (χ4v) is 2.19. The maximum atomic E-state index is 14.5. The molecule has 0 saturated carbocycles. The molecule has 5 nitrogen and oxygen atoms in total. The monoisotopic (exact) mass is 317 g/mol. The molecule has 116 valence electrons. The van der Waals surface area contributed by atoms with E-state index in [0.29, 0.717) is 6.07 Å². The van der Waals surface area contributed by atoms with Crippen molar-refractivity contribution in [3.63, 3.8) is 0 Å². The second-order valence-corrected chi connectivity index (χ2v) is 4.71. The van der Waals surface area contributed by atoms with Crippen molar-refractivity contribution in [1.29, 1.82) is 0 Å². The van der Waals surface area contributed by atoms with Crippen LogP contribution in [0.25, 0.3) is 0 Å². The SMILES string of the molecule is O=[N+]([O-])c1ccc(C(F)(F)C2(c3ccc(F)cc3F)CO2)o1. The second kappa shape index (κ2) is 4.54. The Hall–Kier alpha value is -2.42. The zero-order chi connectivity index (χ0) is 16.1. The fourth-order valence-electron chi connectivity index (χ4n) is 2.19. The minimum Gasteiger partial charge on any atom is -0.399 e. The maximum absolute atomic E-state index is 14.5. The first kappa shape index (κ1) is 14.5. The molecule has 0 amide bonds. The van der Waals surface area contributed by atoms with Gasteiger partial charge in [0.25, 0.3) is 0 Å². The topological polar surface area (TPSA) is 68.8 Å². The highest BCUT2D eigenvalue weighted by Gasteiger charge is 2.69. The van der Waals surface area contributed by atoms with Crippen LogP contribution in [0.2, 0.25) is 0 Å². The van der Waals surface area contributed by atoms with Crippen LogP contribution in [0, 0.1) is 21.7 Å². The number of epoxide rings is 1. The number of hydrogen-bond donors (Lipinski definition) is 0. The average molecular weight is 317 g/mol. The van der Waals surface area contributed by atoms with Crippen LogP contribution in [0.4, 0.5) is 23.4 Å². The van der Waals surface area contributed by atoms with Crippen molar-refractivity contribution in [2.75, 3.05) is 6.61 Å². The van der Waals surface area contributed by atoms with Crippen molar-refractivity contribution in [2.45, 2.75) is 11.5 Å². The molecule has 1 saturated heterocycles. The van der Waals surface area contributed by atoms with Crippen LogP contribution in [0.5, 0.6) is 0 Å². The van der Waals surface area contributed by atoms with Gasteiger partial charge in [-0.1, -0.05) is 0 Å². The van der Waals surface area contributed by atoms with Gasteiger partial charge < -0.3 is 9.15 Å². The summed E-state index contributed by atoms with van der Waals surface area (Å²) >= 11 is 0. The number of nitrogens with zero attached hydrogens (tertiary/aromatic N) is 1. The van der Waals surface area contributed by atoms with Crippen LogP contribution in [-0.4, -0.2) is 11.5 Å². The summed E-state index contributed by atoms with van der Waals surface area (Å²) in [4.78, 5) is 9.53. The summed E-state index contributed by atoms with van der Waals surface area (Å²) in [6, 6.07) is 3.62. The van der Waals surface area contributed by atoms with Gasteiger partial charge in [-0.15, -0.1) is 0 Å². The minimum absolute atomic E-state index is 0.458. The van der Waals surface area contributed by atoms with Crippen LogP contribution in [0.15, 0.2) is 34.7 Å². The fraction of sp³-hybridized carbons (Fsp3) is 0.231. The zero-order valence-electron chi connectivity index (χ0n) is 10.7. The lowest BCUT2D eigenvalue weighted by atomic mass is 9.91. The molecule has 1 atom stereocenters. The molecule has 1 aromatic heterocycles. The number of halogens is 4. The Morgan fingerprint density at radius 3 is 2.41 bits per heavy atom. The molecule has 3 rings (SSSR count). The van der Waals surface area contributed by atoms with Crippen molar-refractivity contribution >= 4 is 5.88 Å². The molecular weight excluding hydrogens is 310 g/mol. The van der Waals surface area contributed by atoms with Crippen LogP contribution >= 0.6 is 0 Å². The summed E-state index contributed by atoms with van der Waals surface area (Å²) in [6.45, 7) is -0.531. The number of nitro groups is 1. The van der Waals surface area contributed by atoms with Gasteiger partial charge >= 0.3 is 11.8 Å². The van der Waals surface area contributed by atoms with Crippen LogP contribution in [0.1, 0.15) is 11.3 Å². The third kappa shape index (κ3) is 1.97. The Bertz CT molecular complexity index is 754. The van der Waals surface area contributed by atoms with Gasteiger partial charge in [0.05, 0.1) is 12.7 Å². The summed E-state index contributed by atoms with van der Waals surface area (Å²) in [7, 11) is 0. The molecule has 0 aliphatic carbocycles. The predicted molar refractivity (Wildman–Crippen MR) is 63.2 cm³/mol. The van der Waals surface area contributed by atoms with Crippen LogP contribution in [0.3, 0.4) is 0 Å². The Kier molecular flexibility index (Phi) is 2.99. The number of furan rings is 1. The third-order valence-electron chi connectivity index (χ3n) is 3.39. The summed E-state index contributed by atoms with van der Waals surface area (Å²) < 4.78 is 65.0. The second-order valence-electron chi connectivity index (χ2n) is 4.71. The highest BCUT2D eigenvalue weighted by atomic mass is 19.3. The smallest absolute Gasteiger partial charge is 0.399 e. The van der Waals surface area contributed by atoms with E-state index in [1.807, 2.05) is 0 Å². The molecule has 0 bridgehead atoms. The lowest BCUT2D eigenvalue weighted by molar-refractivity contribution is -0.403. The molecule has 2 aromatic rings. The molecule has 1 aliphatic rings. The van der Waals surface area contributed by atoms with E-state index >= 15 is 0 Å². The van der Waals surface area contributed by atoms with E-state index in [9.17, 15) is 27.7 Å². The van der Waals surface area contributed by atoms with Gasteiger partial charge in [-0.05, 0) is 18.2 Å². The van der Waals surface area contributed by atoms with Crippen molar-refractivity contribution in [2.24, 2.45) is 0 Å². The Morgan fingerprint density at radius 2 is 1.91 bits per heavy atom. The van der Waals surface area contributed by atoms with Gasteiger partial charge in [0.1, 0.15) is 16.6 Å². The van der Waals surface area contributed by atoms with Crippen molar-refractivity contribution < 1.29 is 31.6 Å². The quantitative estimate of drug-likeness (QED) is 0.375. The van der Waals surface area contributed by atoms with E-state index in [1.54, 1.807) is 0 Å². The summed E-state index contributed by atoms with van der Waals surface area (Å²) in [5.41, 5.74) is -2.91. The molecule has 1 fully saturated rings. The van der Waals surface area contributed by atoms with Crippen LogP contribution in [-0.2, 0) is 16.3 Å². The van der Waals surface area contributed by atoms with Gasteiger partial charge in [0, 0.05) is 11.6 Å². The minimum atomic E-state index is -3.86.